The van der Waals surface area contributed by atoms with Crippen molar-refractivity contribution in [3.8, 4) is 23.0 Å². The molecule has 4 aromatic rings. The van der Waals surface area contributed by atoms with Crippen molar-refractivity contribution in [3.63, 3.8) is 0 Å². The Morgan fingerprint density at radius 1 is 0.878 bits per heavy atom. The monoisotopic (exact) mass is 572 g/mol. The molecule has 210 valence electrons. The molecule has 0 aromatic heterocycles. The summed E-state index contributed by atoms with van der Waals surface area (Å²) < 4.78 is 22.6. The number of nitrogens with zero attached hydrogens (tertiary/aromatic N) is 1. The lowest BCUT2D eigenvalue weighted by atomic mass is 10.2. The topological polar surface area (TPSA) is 95.5 Å². The normalized spacial score (nSPS) is 11.5. The van der Waals surface area contributed by atoms with Crippen LogP contribution >= 0.6 is 11.6 Å². The SMILES string of the molecule is CCOc1cc(/C=N\NC(=O)[C@@H](C)Oc2ccc(OCc3ccccc3)cc2)ccc1OC(=O)c1ccc(Cl)cc1. The first-order chi connectivity index (χ1) is 19.9. The van der Waals surface area contributed by atoms with Crippen molar-refractivity contribution in [2.24, 2.45) is 5.10 Å². The molecule has 0 spiro atoms. The molecule has 0 aliphatic rings. The van der Waals surface area contributed by atoms with Gasteiger partial charge in [-0.15, -0.1) is 0 Å². The van der Waals surface area contributed by atoms with Gasteiger partial charge in [0.15, 0.2) is 17.6 Å². The highest BCUT2D eigenvalue weighted by Crippen LogP contribution is 2.29. The Morgan fingerprint density at radius 3 is 2.29 bits per heavy atom. The molecule has 0 saturated carbocycles. The zero-order chi connectivity index (χ0) is 29.0. The van der Waals surface area contributed by atoms with E-state index in [0.29, 0.717) is 46.6 Å². The van der Waals surface area contributed by atoms with E-state index in [9.17, 15) is 9.59 Å². The molecule has 1 amide bonds. The van der Waals surface area contributed by atoms with Crippen LogP contribution in [0.25, 0.3) is 0 Å². The fraction of sp³-hybridized carbons (Fsp3) is 0.156. The van der Waals surface area contributed by atoms with Gasteiger partial charge in [0.05, 0.1) is 18.4 Å². The molecule has 0 unspecified atom stereocenters. The van der Waals surface area contributed by atoms with Gasteiger partial charge >= 0.3 is 5.97 Å². The van der Waals surface area contributed by atoms with E-state index in [0.717, 1.165) is 5.56 Å². The predicted molar refractivity (Wildman–Crippen MR) is 157 cm³/mol. The second-order valence-corrected chi connectivity index (χ2v) is 9.21. The van der Waals surface area contributed by atoms with Crippen LogP contribution in [0.2, 0.25) is 5.02 Å². The number of halogens is 1. The van der Waals surface area contributed by atoms with Gasteiger partial charge in [0.25, 0.3) is 5.91 Å². The van der Waals surface area contributed by atoms with Crippen molar-refractivity contribution < 1.29 is 28.5 Å². The lowest BCUT2D eigenvalue weighted by Gasteiger charge is -2.14. The van der Waals surface area contributed by atoms with Gasteiger partial charge in [0, 0.05) is 5.02 Å². The van der Waals surface area contributed by atoms with Crippen LogP contribution in [0.3, 0.4) is 0 Å². The van der Waals surface area contributed by atoms with Gasteiger partial charge in [-0.25, -0.2) is 10.2 Å². The van der Waals surface area contributed by atoms with Crippen LogP contribution in [0.4, 0.5) is 0 Å². The summed E-state index contributed by atoms with van der Waals surface area (Å²) in [6.07, 6.45) is 0.661. The quantitative estimate of drug-likeness (QED) is 0.0906. The van der Waals surface area contributed by atoms with Gasteiger partial charge in [0.1, 0.15) is 18.1 Å². The fourth-order valence-corrected chi connectivity index (χ4v) is 3.70. The molecule has 9 heteroatoms. The number of hydrogen-bond donors (Lipinski definition) is 1. The third-order valence-electron chi connectivity index (χ3n) is 5.69. The molecule has 4 aromatic carbocycles. The maximum absolute atomic E-state index is 12.5. The molecule has 1 atom stereocenters. The molecule has 41 heavy (non-hydrogen) atoms. The molecule has 0 saturated heterocycles. The van der Waals surface area contributed by atoms with E-state index in [1.54, 1.807) is 73.7 Å². The second kappa shape index (κ2) is 14.5. The summed E-state index contributed by atoms with van der Waals surface area (Å²) in [7, 11) is 0. The molecule has 0 radical (unpaired) electrons. The molecule has 4 rings (SSSR count). The molecule has 1 N–H and O–H groups in total. The van der Waals surface area contributed by atoms with E-state index in [-0.39, 0.29) is 5.75 Å². The van der Waals surface area contributed by atoms with Crippen molar-refractivity contribution >= 4 is 29.7 Å². The van der Waals surface area contributed by atoms with E-state index in [1.807, 2.05) is 37.3 Å². The highest BCUT2D eigenvalue weighted by Gasteiger charge is 2.15. The largest absolute Gasteiger partial charge is 0.490 e. The van der Waals surface area contributed by atoms with Crippen LogP contribution < -0.4 is 24.4 Å². The average molecular weight is 573 g/mol. The molecule has 0 bridgehead atoms. The standard InChI is InChI=1S/C32H29ClN2O6/c1-3-38-30-19-24(9-18-29(30)41-32(37)25-10-12-26(33)13-11-25)20-34-35-31(36)22(2)40-28-16-14-27(15-17-28)39-21-23-7-5-4-6-8-23/h4-20,22H,3,21H2,1-2H3,(H,35,36)/b34-20-/t22-/m1/s1. The molecule has 0 aliphatic heterocycles. The van der Waals surface area contributed by atoms with Crippen LogP contribution in [0.15, 0.2) is 102 Å². The number of carbonyl (C=O) groups excluding carboxylic acids is 2. The van der Waals surface area contributed by atoms with Gasteiger partial charge in [-0.2, -0.15) is 5.10 Å². The molecular formula is C32H29ClN2O6. The number of nitrogens with one attached hydrogen (secondary N) is 1. The Balaban J connectivity index is 1.29. The number of hydrazone groups is 1. The van der Waals surface area contributed by atoms with Crippen molar-refractivity contribution in [1.82, 2.24) is 5.43 Å². The Labute approximate surface area is 243 Å². The van der Waals surface area contributed by atoms with E-state index >= 15 is 0 Å². The minimum atomic E-state index is -0.795. The summed E-state index contributed by atoms with van der Waals surface area (Å²) in [5.41, 5.74) is 4.52. The molecule has 0 fully saturated rings. The zero-order valence-corrected chi connectivity index (χ0v) is 23.3. The van der Waals surface area contributed by atoms with E-state index < -0.39 is 18.0 Å². The summed E-state index contributed by atoms with van der Waals surface area (Å²) >= 11 is 5.88. The summed E-state index contributed by atoms with van der Waals surface area (Å²) in [5, 5.41) is 4.54. The number of amides is 1. The van der Waals surface area contributed by atoms with Gasteiger partial charge in [-0.3, -0.25) is 4.79 Å². The third kappa shape index (κ3) is 8.84. The van der Waals surface area contributed by atoms with Crippen molar-refractivity contribution in [1.29, 1.82) is 0 Å². The Hall–Kier alpha value is -4.82. The highest BCUT2D eigenvalue weighted by molar-refractivity contribution is 6.30. The summed E-state index contributed by atoms with van der Waals surface area (Å²) in [6, 6.07) is 28.2. The van der Waals surface area contributed by atoms with Crippen molar-refractivity contribution in [2.45, 2.75) is 26.6 Å². The van der Waals surface area contributed by atoms with Crippen LogP contribution in [-0.4, -0.2) is 30.8 Å². The van der Waals surface area contributed by atoms with Crippen LogP contribution in [-0.2, 0) is 11.4 Å². The summed E-state index contributed by atoms with van der Waals surface area (Å²) in [5.74, 6) is 0.863. The number of carbonyl (C=O) groups is 2. The number of rotatable bonds is 12. The zero-order valence-electron chi connectivity index (χ0n) is 22.6. The van der Waals surface area contributed by atoms with Gasteiger partial charge < -0.3 is 18.9 Å². The maximum atomic E-state index is 12.5. The van der Waals surface area contributed by atoms with Gasteiger partial charge in [-0.1, -0.05) is 41.9 Å². The summed E-state index contributed by atoms with van der Waals surface area (Å²) in [6.45, 7) is 4.26. The number of benzene rings is 4. The first-order valence-electron chi connectivity index (χ1n) is 12.9. The first-order valence-corrected chi connectivity index (χ1v) is 13.3. The number of ether oxygens (including phenoxy) is 4. The smallest absolute Gasteiger partial charge is 0.343 e. The minimum absolute atomic E-state index is 0.256. The van der Waals surface area contributed by atoms with Crippen molar-refractivity contribution in [3.05, 3.63) is 119 Å². The fourth-order valence-electron chi connectivity index (χ4n) is 3.58. The number of hydrogen-bond acceptors (Lipinski definition) is 7. The average Bonchev–Trinajstić information content (AvgIpc) is 2.99. The highest BCUT2D eigenvalue weighted by atomic mass is 35.5. The Kier molecular flexibility index (Phi) is 10.3. The van der Waals surface area contributed by atoms with Crippen molar-refractivity contribution in [2.75, 3.05) is 6.61 Å². The molecule has 0 aliphatic carbocycles. The van der Waals surface area contributed by atoms with Gasteiger partial charge in [-0.05, 0) is 91.7 Å². The maximum Gasteiger partial charge on any atom is 0.343 e. The predicted octanol–water partition coefficient (Wildman–Crippen LogP) is 6.45. The lowest BCUT2D eigenvalue weighted by Crippen LogP contribution is -2.33. The lowest BCUT2D eigenvalue weighted by molar-refractivity contribution is -0.127. The Bertz CT molecular complexity index is 1470. The Morgan fingerprint density at radius 2 is 1.59 bits per heavy atom. The van der Waals surface area contributed by atoms with Crippen LogP contribution in [0.1, 0.15) is 35.3 Å². The first kappa shape index (κ1) is 29.2. The summed E-state index contributed by atoms with van der Waals surface area (Å²) in [4.78, 5) is 25.0. The van der Waals surface area contributed by atoms with Gasteiger partial charge in [0.2, 0.25) is 0 Å². The molecular weight excluding hydrogens is 544 g/mol. The van der Waals surface area contributed by atoms with E-state index in [2.05, 4.69) is 10.5 Å². The van der Waals surface area contributed by atoms with Crippen LogP contribution in [0.5, 0.6) is 23.0 Å². The van der Waals surface area contributed by atoms with E-state index in [4.69, 9.17) is 30.5 Å². The van der Waals surface area contributed by atoms with E-state index in [1.165, 1.54) is 6.21 Å². The third-order valence-corrected chi connectivity index (χ3v) is 5.94. The second-order valence-electron chi connectivity index (χ2n) is 8.78. The number of esters is 1. The molecule has 0 heterocycles. The minimum Gasteiger partial charge on any atom is -0.490 e. The van der Waals surface area contributed by atoms with Crippen LogP contribution in [0, 0.1) is 0 Å². The molecule has 8 nitrogen and oxygen atoms in total.